The van der Waals surface area contributed by atoms with Crippen molar-refractivity contribution in [2.75, 3.05) is 12.4 Å². The molecule has 1 amide bonds. The maximum absolute atomic E-state index is 12.4. The first-order chi connectivity index (χ1) is 14.2. The maximum atomic E-state index is 12.4. The predicted molar refractivity (Wildman–Crippen MR) is 112 cm³/mol. The number of nitrogens with one attached hydrogen (secondary N) is 1. The summed E-state index contributed by atoms with van der Waals surface area (Å²) in [5, 5.41) is 9.83. The molecule has 156 valence electrons. The summed E-state index contributed by atoms with van der Waals surface area (Å²) in [6.07, 6.45) is -1.12. The third-order valence-electron chi connectivity index (χ3n) is 4.38. The SMILES string of the molecule is COc1ccc(C(=O)OC(C)C(=O)Nc2ccc3ccccc3c2)cc1S(N)(=O)=O. The first-order valence-corrected chi connectivity index (χ1v) is 10.4. The van der Waals surface area contributed by atoms with Gasteiger partial charge in [-0.3, -0.25) is 4.79 Å². The van der Waals surface area contributed by atoms with Crippen molar-refractivity contribution in [3.63, 3.8) is 0 Å². The molecule has 0 radical (unpaired) electrons. The zero-order valence-corrected chi connectivity index (χ0v) is 17.1. The van der Waals surface area contributed by atoms with Crippen molar-refractivity contribution < 1.29 is 27.5 Å². The average molecular weight is 428 g/mol. The van der Waals surface area contributed by atoms with E-state index in [1.807, 2.05) is 36.4 Å². The molecule has 0 aromatic heterocycles. The van der Waals surface area contributed by atoms with E-state index in [1.165, 1.54) is 26.2 Å². The van der Waals surface area contributed by atoms with Crippen molar-refractivity contribution in [2.45, 2.75) is 17.9 Å². The fourth-order valence-corrected chi connectivity index (χ4v) is 3.54. The number of sulfonamides is 1. The average Bonchev–Trinajstić information content (AvgIpc) is 2.72. The van der Waals surface area contributed by atoms with Gasteiger partial charge in [-0.2, -0.15) is 0 Å². The van der Waals surface area contributed by atoms with Crippen molar-refractivity contribution in [3.05, 3.63) is 66.2 Å². The number of hydrogen-bond acceptors (Lipinski definition) is 6. The molecule has 3 rings (SSSR count). The monoisotopic (exact) mass is 428 g/mol. The van der Waals surface area contributed by atoms with E-state index in [9.17, 15) is 18.0 Å². The van der Waals surface area contributed by atoms with Crippen LogP contribution in [0.2, 0.25) is 0 Å². The summed E-state index contributed by atoms with van der Waals surface area (Å²) in [6.45, 7) is 1.42. The first-order valence-electron chi connectivity index (χ1n) is 8.90. The van der Waals surface area contributed by atoms with Crippen LogP contribution in [-0.2, 0) is 19.6 Å². The highest BCUT2D eigenvalue weighted by molar-refractivity contribution is 7.89. The van der Waals surface area contributed by atoms with E-state index in [-0.39, 0.29) is 16.2 Å². The van der Waals surface area contributed by atoms with E-state index in [1.54, 1.807) is 6.07 Å². The van der Waals surface area contributed by atoms with Crippen LogP contribution in [-0.4, -0.2) is 33.5 Å². The van der Waals surface area contributed by atoms with Gasteiger partial charge in [-0.05, 0) is 48.0 Å². The summed E-state index contributed by atoms with van der Waals surface area (Å²) in [5.41, 5.74) is 0.479. The van der Waals surface area contributed by atoms with E-state index in [4.69, 9.17) is 14.6 Å². The fraction of sp³-hybridized carbons (Fsp3) is 0.143. The molecule has 0 aliphatic rings. The van der Waals surface area contributed by atoms with Crippen LogP contribution in [0.3, 0.4) is 0 Å². The Morgan fingerprint density at radius 1 is 1.00 bits per heavy atom. The second-order valence-electron chi connectivity index (χ2n) is 6.51. The Labute approximate surface area is 173 Å². The van der Waals surface area contributed by atoms with Gasteiger partial charge in [0.2, 0.25) is 10.0 Å². The quantitative estimate of drug-likeness (QED) is 0.582. The van der Waals surface area contributed by atoms with Gasteiger partial charge < -0.3 is 14.8 Å². The van der Waals surface area contributed by atoms with Crippen LogP contribution in [0, 0.1) is 0 Å². The number of hydrogen-bond donors (Lipinski definition) is 2. The summed E-state index contributed by atoms with van der Waals surface area (Å²) in [7, 11) is -2.84. The van der Waals surface area contributed by atoms with Crippen LogP contribution >= 0.6 is 0 Å². The minimum Gasteiger partial charge on any atom is -0.495 e. The standard InChI is InChI=1S/C21H20N2O6S/c1-13(20(24)23-17-9-7-14-5-3-4-6-15(14)11-17)29-21(25)16-8-10-18(28-2)19(12-16)30(22,26)27/h3-13H,1-2H3,(H,23,24)(H2,22,26,27). The molecule has 0 saturated heterocycles. The van der Waals surface area contributed by atoms with Gasteiger partial charge in [-0.15, -0.1) is 0 Å². The van der Waals surface area contributed by atoms with E-state index in [0.717, 1.165) is 16.8 Å². The number of fused-ring (bicyclic) bond motifs is 1. The summed E-state index contributed by atoms with van der Waals surface area (Å²) >= 11 is 0. The largest absolute Gasteiger partial charge is 0.495 e. The number of esters is 1. The highest BCUT2D eigenvalue weighted by atomic mass is 32.2. The Kier molecular flexibility index (Phi) is 6.04. The number of methoxy groups -OCH3 is 1. The van der Waals surface area contributed by atoms with Gasteiger partial charge in [0.15, 0.2) is 6.10 Å². The number of ether oxygens (including phenoxy) is 2. The molecular weight excluding hydrogens is 408 g/mol. The summed E-state index contributed by atoms with van der Waals surface area (Å²) in [4.78, 5) is 24.5. The zero-order chi connectivity index (χ0) is 21.9. The van der Waals surface area contributed by atoms with Gasteiger partial charge >= 0.3 is 5.97 Å². The molecule has 30 heavy (non-hydrogen) atoms. The zero-order valence-electron chi connectivity index (χ0n) is 16.3. The molecule has 0 aliphatic carbocycles. The Balaban J connectivity index is 1.72. The van der Waals surface area contributed by atoms with Crippen molar-refractivity contribution in [2.24, 2.45) is 5.14 Å². The molecule has 3 N–H and O–H groups in total. The molecule has 0 aliphatic heterocycles. The molecule has 1 atom stereocenters. The minimum absolute atomic E-state index is 0.00357. The lowest BCUT2D eigenvalue weighted by atomic mass is 10.1. The Morgan fingerprint density at radius 3 is 2.37 bits per heavy atom. The van der Waals surface area contributed by atoms with Crippen molar-refractivity contribution in [3.8, 4) is 5.75 Å². The van der Waals surface area contributed by atoms with Crippen LogP contribution in [0.15, 0.2) is 65.6 Å². The number of carbonyl (C=O) groups excluding carboxylic acids is 2. The van der Waals surface area contributed by atoms with Gasteiger partial charge in [0.1, 0.15) is 10.6 Å². The van der Waals surface area contributed by atoms with Crippen LogP contribution in [0.25, 0.3) is 10.8 Å². The molecule has 3 aromatic rings. The number of rotatable bonds is 6. The van der Waals surface area contributed by atoms with Crippen LogP contribution in [0.1, 0.15) is 17.3 Å². The van der Waals surface area contributed by atoms with Gasteiger partial charge in [0.05, 0.1) is 12.7 Å². The fourth-order valence-electron chi connectivity index (χ4n) is 2.82. The highest BCUT2D eigenvalue weighted by Crippen LogP contribution is 2.24. The Bertz CT molecular complexity index is 1220. The molecule has 0 fully saturated rings. The first kappa shape index (κ1) is 21.3. The molecule has 1 unspecified atom stereocenters. The third-order valence-corrected chi connectivity index (χ3v) is 5.31. The Morgan fingerprint density at radius 2 is 1.70 bits per heavy atom. The summed E-state index contributed by atoms with van der Waals surface area (Å²) in [6, 6.07) is 16.8. The van der Waals surface area contributed by atoms with E-state index >= 15 is 0 Å². The Hall–Kier alpha value is -3.43. The smallest absolute Gasteiger partial charge is 0.338 e. The molecule has 8 nitrogen and oxygen atoms in total. The summed E-state index contributed by atoms with van der Waals surface area (Å²) < 4.78 is 33.5. The number of amides is 1. The van der Waals surface area contributed by atoms with Crippen LogP contribution < -0.4 is 15.2 Å². The van der Waals surface area contributed by atoms with Crippen LogP contribution in [0.5, 0.6) is 5.75 Å². The van der Waals surface area contributed by atoms with Crippen LogP contribution in [0.4, 0.5) is 5.69 Å². The molecule has 0 bridgehead atoms. The van der Waals surface area contributed by atoms with E-state index in [2.05, 4.69) is 5.32 Å². The molecule has 9 heteroatoms. The van der Waals surface area contributed by atoms with E-state index < -0.39 is 28.0 Å². The topological polar surface area (TPSA) is 125 Å². The van der Waals surface area contributed by atoms with Gasteiger partial charge in [-0.25, -0.2) is 18.4 Å². The number of primary sulfonamides is 1. The van der Waals surface area contributed by atoms with E-state index in [0.29, 0.717) is 5.69 Å². The number of anilines is 1. The maximum Gasteiger partial charge on any atom is 0.338 e. The third kappa shape index (κ3) is 4.76. The van der Waals surface area contributed by atoms with Gasteiger partial charge in [-0.1, -0.05) is 30.3 Å². The molecule has 0 spiro atoms. The highest BCUT2D eigenvalue weighted by Gasteiger charge is 2.22. The normalized spacial score (nSPS) is 12.2. The second kappa shape index (κ2) is 8.52. The number of nitrogens with two attached hydrogens (primary N) is 1. The number of benzene rings is 3. The second-order valence-corrected chi connectivity index (χ2v) is 8.04. The van der Waals surface area contributed by atoms with Crippen molar-refractivity contribution >= 4 is 38.4 Å². The predicted octanol–water partition coefficient (Wildman–Crippen LogP) is 2.68. The molecule has 3 aromatic carbocycles. The van der Waals surface area contributed by atoms with Crippen molar-refractivity contribution in [1.29, 1.82) is 0 Å². The lowest BCUT2D eigenvalue weighted by molar-refractivity contribution is -0.123. The van der Waals surface area contributed by atoms with Gasteiger partial charge in [0, 0.05) is 5.69 Å². The lowest BCUT2D eigenvalue weighted by Crippen LogP contribution is -2.30. The summed E-state index contributed by atoms with van der Waals surface area (Å²) in [5.74, 6) is -1.40. The number of carbonyl (C=O) groups is 2. The van der Waals surface area contributed by atoms with Gasteiger partial charge in [0.25, 0.3) is 5.91 Å². The molecule has 0 saturated carbocycles. The molecule has 0 heterocycles. The molecular formula is C21H20N2O6S. The minimum atomic E-state index is -4.12. The lowest BCUT2D eigenvalue weighted by Gasteiger charge is -2.15. The van der Waals surface area contributed by atoms with Crippen molar-refractivity contribution in [1.82, 2.24) is 0 Å².